The summed E-state index contributed by atoms with van der Waals surface area (Å²) < 4.78 is 12.0. The Balaban J connectivity index is 1.60. The van der Waals surface area contributed by atoms with Gasteiger partial charge >= 0.3 is 0 Å². The van der Waals surface area contributed by atoms with Crippen LogP contribution >= 0.6 is 0 Å². The van der Waals surface area contributed by atoms with E-state index in [1.54, 1.807) is 0 Å². The maximum absolute atomic E-state index is 13.2. The van der Waals surface area contributed by atoms with Crippen molar-refractivity contribution in [3.63, 3.8) is 0 Å². The van der Waals surface area contributed by atoms with Crippen LogP contribution in [0.3, 0.4) is 0 Å². The zero-order valence-corrected chi connectivity index (χ0v) is 20.1. The fourth-order valence-electron chi connectivity index (χ4n) is 4.20. The Kier molecular flexibility index (Phi) is 7.48. The number of nitrogens with one attached hydrogen (secondary N) is 1. The van der Waals surface area contributed by atoms with Crippen molar-refractivity contribution in [2.24, 2.45) is 0 Å². The van der Waals surface area contributed by atoms with E-state index in [2.05, 4.69) is 49.5 Å². The van der Waals surface area contributed by atoms with Gasteiger partial charge in [0.25, 0.3) is 5.91 Å². The largest absolute Gasteiger partial charge is 0.493 e. The van der Waals surface area contributed by atoms with Crippen LogP contribution in [-0.4, -0.2) is 12.5 Å². The summed E-state index contributed by atoms with van der Waals surface area (Å²) in [5.41, 5.74) is 4.60. The van der Waals surface area contributed by atoms with Gasteiger partial charge in [-0.05, 0) is 60.5 Å². The Hall–Kier alpha value is -3.79. The third kappa shape index (κ3) is 5.07. The lowest BCUT2D eigenvalue weighted by atomic mass is 10.0. The van der Waals surface area contributed by atoms with E-state index in [4.69, 9.17) is 9.47 Å². The van der Waals surface area contributed by atoms with Crippen LogP contribution in [-0.2, 0) is 19.4 Å². The second-order valence-electron chi connectivity index (χ2n) is 8.13. The number of benzene rings is 4. The molecule has 4 rings (SSSR count). The van der Waals surface area contributed by atoms with Crippen LogP contribution in [0, 0.1) is 0 Å². The molecule has 4 aromatic carbocycles. The molecule has 4 aromatic rings. The van der Waals surface area contributed by atoms with Crippen LogP contribution in [0.5, 0.6) is 11.5 Å². The molecule has 0 aliphatic carbocycles. The van der Waals surface area contributed by atoms with Gasteiger partial charge < -0.3 is 14.8 Å². The monoisotopic (exact) mass is 453 g/mol. The van der Waals surface area contributed by atoms with Gasteiger partial charge in [-0.1, -0.05) is 68.4 Å². The van der Waals surface area contributed by atoms with E-state index < -0.39 is 0 Å². The van der Waals surface area contributed by atoms with Crippen molar-refractivity contribution in [1.82, 2.24) is 0 Å². The second-order valence-corrected chi connectivity index (χ2v) is 8.13. The fraction of sp³-hybridized carbons (Fsp3) is 0.233. The summed E-state index contributed by atoms with van der Waals surface area (Å²) in [6, 6.07) is 25.9. The molecule has 1 N–H and O–H groups in total. The number of rotatable bonds is 9. The molecule has 0 unspecified atom stereocenters. The highest BCUT2D eigenvalue weighted by Crippen LogP contribution is 2.29. The number of fused-ring (bicyclic) bond motifs is 1. The number of hydrogen-bond donors (Lipinski definition) is 1. The maximum atomic E-state index is 13.2. The van der Waals surface area contributed by atoms with Gasteiger partial charge in [-0.3, -0.25) is 4.79 Å². The van der Waals surface area contributed by atoms with Crippen LogP contribution in [0.15, 0.2) is 78.9 Å². The average molecular weight is 454 g/mol. The first-order valence-corrected chi connectivity index (χ1v) is 11.9. The SMILES string of the molecule is CCOc1ccc(C(=O)Nc2c(CC)cccc2CC)cc1COc1cccc2ccccc12. The Morgan fingerprint density at radius 3 is 2.18 bits per heavy atom. The van der Waals surface area contributed by atoms with Gasteiger partial charge in [-0.25, -0.2) is 0 Å². The van der Waals surface area contributed by atoms with Crippen molar-refractivity contribution in [2.75, 3.05) is 11.9 Å². The Morgan fingerprint density at radius 1 is 0.735 bits per heavy atom. The molecular weight excluding hydrogens is 422 g/mol. The lowest BCUT2D eigenvalue weighted by molar-refractivity contribution is 0.102. The molecule has 0 aliphatic rings. The third-order valence-corrected chi connectivity index (χ3v) is 5.99. The van der Waals surface area contributed by atoms with Gasteiger partial charge in [-0.2, -0.15) is 0 Å². The van der Waals surface area contributed by atoms with Crippen molar-refractivity contribution in [2.45, 2.75) is 40.2 Å². The van der Waals surface area contributed by atoms with Crippen LogP contribution in [0.1, 0.15) is 47.8 Å². The third-order valence-electron chi connectivity index (χ3n) is 5.99. The molecule has 0 radical (unpaired) electrons. The van der Waals surface area contributed by atoms with Gasteiger partial charge in [0, 0.05) is 22.2 Å². The van der Waals surface area contributed by atoms with E-state index in [0.29, 0.717) is 18.8 Å². The molecule has 0 saturated heterocycles. The molecular formula is C30H31NO3. The molecule has 4 heteroatoms. The number of carbonyl (C=O) groups excluding carboxylic acids is 1. The van der Waals surface area contributed by atoms with Crippen molar-refractivity contribution in [3.8, 4) is 11.5 Å². The first-order chi connectivity index (χ1) is 16.6. The molecule has 0 fully saturated rings. The highest BCUT2D eigenvalue weighted by Gasteiger charge is 2.15. The molecule has 0 heterocycles. The molecule has 0 aliphatic heterocycles. The lowest BCUT2D eigenvalue weighted by Crippen LogP contribution is -2.15. The van der Waals surface area contributed by atoms with Crippen molar-refractivity contribution in [3.05, 3.63) is 101 Å². The number of anilines is 1. The molecule has 0 spiro atoms. The van der Waals surface area contributed by atoms with Gasteiger partial charge in [0.1, 0.15) is 18.1 Å². The van der Waals surface area contributed by atoms with E-state index in [1.165, 1.54) is 0 Å². The number of hydrogen-bond acceptors (Lipinski definition) is 3. The summed E-state index contributed by atoms with van der Waals surface area (Å²) in [6.07, 6.45) is 1.72. The molecule has 4 nitrogen and oxygen atoms in total. The quantitative estimate of drug-likeness (QED) is 0.292. The predicted octanol–water partition coefficient (Wildman–Crippen LogP) is 7.19. The zero-order valence-electron chi connectivity index (χ0n) is 20.1. The van der Waals surface area contributed by atoms with Crippen molar-refractivity contribution < 1.29 is 14.3 Å². The molecule has 0 saturated carbocycles. The van der Waals surface area contributed by atoms with Gasteiger partial charge in [-0.15, -0.1) is 0 Å². The van der Waals surface area contributed by atoms with E-state index in [9.17, 15) is 4.79 Å². The molecule has 174 valence electrons. The molecule has 0 atom stereocenters. The zero-order chi connectivity index (χ0) is 23.9. The minimum Gasteiger partial charge on any atom is -0.493 e. The Bertz CT molecular complexity index is 1270. The summed E-state index contributed by atoms with van der Waals surface area (Å²) in [5, 5.41) is 5.33. The normalized spacial score (nSPS) is 10.8. The van der Waals surface area contributed by atoms with E-state index >= 15 is 0 Å². The number of para-hydroxylation sites is 1. The Morgan fingerprint density at radius 2 is 1.44 bits per heavy atom. The summed E-state index contributed by atoms with van der Waals surface area (Å²) in [7, 11) is 0. The summed E-state index contributed by atoms with van der Waals surface area (Å²) in [5.74, 6) is 1.40. The summed E-state index contributed by atoms with van der Waals surface area (Å²) in [4.78, 5) is 13.2. The molecule has 1 amide bonds. The molecule has 0 aromatic heterocycles. The highest BCUT2D eigenvalue weighted by molar-refractivity contribution is 6.05. The fourth-order valence-corrected chi connectivity index (χ4v) is 4.20. The van der Waals surface area contributed by atoms with Crippen LogP contribution in [0.25, 0.3) is 10.8 Å². The standard InChI is InChI=1S/C30H31NO3/c1-4-21-12-9-13-22(5-2)29(21)31-30(32)24-17-18-27(33-6-3)25(19-24)20-34-28-16-10-14-23-11-7-8-15-26(23)28/h7-19H,4-6,20H2,1-3H3,(H,31,32). The lowest BCUT2D eigenvalue weighted by Gasteiger charge is -2.16. The average Bonchev–Trinajstić information content (AvgIpc) is 2.88. The van der Waals surface area contributed by atoms with E-state index in [-0.39, 0.29) is 5.91 Å². The van der Waals surface area contributed by atoms with E-state index in [0.717, 1.165) is 57.5 Å². The first-order valence-electron chi connectivity index (χ1n) is 11.9. The Labute approximate surface area is 201 Å². The number of aryl methyl sites for hydroxylation is 2. The molecule has 34 heavy (non-hydrogen) atoms. The minimum absolute atomic E-state index is 0.134. The van der Waals surface area contributed by atoms with Crippen LogP contribution in [0.4, 0.5) is 5.69 Å². The summed E-state index contributed by atoms with van der Waals surface area (Å²) >= 11 is 0. The number of carbonyl (C=O) groups is 1. The van der Waals surface area contributed by atoms with Crippen LogP contribution < -0.4 is 14.8 Å². The smallest absolute Gasteiger partial charge is 0.255 e. The van der Waals surface area contributed by atoms with Crippen molar-refractivity contribution >= 4 is 22.4 Å². The van der Waals surface area contributed by atoms with Crippen molar-refractivity contribution in [1.29, 1.82) is 0 Å². The topological polar surface area (TPSA) is 47.6 Å². The van der Waals surface area contributed by atoms with Gasteiger partial charge in [0.2, 0.25) is 0 Å². The van der Waals surface area contributed by atoms with Gasteiger partial charge in [0.05, 0.1) is 6.61 Å². The number of amides is 1. The highest BCUT2D eigenvalue weighted by atomic mass is 16.5. The minimum atomic E-state index is -0.134. The number of ether oxygens (including phenoxy) is 2. The van der Waals surface area contributed by atoms with Crippen LogP contribution in [0.2, 0.25) is 0 Å². The first kappa shape index (κ1) is 23.4. The van der Waals surface area contributed by atoms with E-state index in [1.807, 2.05) is 55.5 Å². The summed E-state index contributed by atoms with van der Waals surface area (Å²) in [6.45, 7) is 6.99. The van der Waals surface area contributed by atoms with Gasteiger partial charge in [0.15, 0.2) is 0 Å². The maximum Gasteiger partial charge on any atom is 0.255 e. The molecule has 0 bridgehead atoms. The predicted molar refractivity (Wildman–Crippen MR) is 139 cm³/mol. The second kappa shape index (κ2) is 10.9.